The van der Waals surface area contributed by atoms with E-state index in [0.717, 1.165) is 39.4 Å². The maximum atomic E-state index is 5.72. The van der Waals surface area contributed by atoms with Gasteiger partial charge in [-0.25, -0.2) is 0 Å². The number of hydrogen-bond donors (Lipinski definition) is 1. The van der Waals surface area contributed by atoms with E-state index in [0.29, 0.717) is 5.92 Å². The SMILES string of the molecule is CCCC(CN)CN1CCOCC1. The fourth-order valence-electron chi connectivity index (χ4n) is 1.84. The first-order chi connectivity index (χ1) is 6.36. The highest BCUT2D eigenvalue weighted by Crippen LogP contribution is 2.08. The van der Waals surface area contributed by atoms with Gasteiger partial charge >= 0.3 is 0 Å². The zero-order valence-corrected chi connectivity index (χ0v) is 8.67. The third-order valence-electron chi connectivity index (χ3n) is 2.65. The van der Waals surface area contributed by atoms with Crippen LogP contribution < -0.4 is 5.73 Å². The molecule has 13 heavy (non-hydrogen) atoms. The minimum atomic E-state index is 0.683. The van der Waals surface area contributed by atoms with E-state index >= 15 is 0 Å². The zero-order valence-electron chi connectivity index (χ0n) is 8.67. The van der Waals surface area contributed by atoms with E-state index in [1.807, 2.05) is 0 Å². The van der Waals surface area contributed by atoms with Gasteiger partial charge in [-0.1, -0.05) is 13.3 Å². The average molecular weight is 186 g/mol. The first-order valence-corrected chi connectivity index (χ1v) is 5.37. The summed E-state index contributed by atoms with van der Waals surface area (Å²) in [6.45, 7) is 8.16. The Kier molecular flexibility index (Phi) is 5.35. The fraction of sp³-hybridized carbons (Fsp3) is 1.00. The van der Waals surface area contributed by atoms with Crippen molar-refractivity contribution >= 4 is 0 Å². The summed E-state index contributed by atoms with van der Waals surface area (Å²) in [5.74, 6) is 0.683. The summed E-state index contributed by atoms with van der Waals surface area (Å²) in [7, 11) is 0. The van der Waals surface area contributed by atoms with Crippen molar-refractivity contribution in [3.8, 4) is 0 Å². The monoisotopic (exact) mass is 186 g/mol. The molecule has 1 rings (SSSR count). The number of nitrogens with two attached hydrogens (primary N) is 1. The molecule has 1 unspecified atom stereocenters. The van der Waals surface area contributed by atoms with Crippen LogP contribution in [0.25, 0.3) is 0 Å². The summed E-state index contributed by atoms with van der Waals surface area (Å²) in [6.07, 6.45) is 2.50. The molecule has 0 spiro atoms. The molecule has 3 nitrogen and oxygen atoms in total. The lowest BCUT2D eigenvalue weighted by molar-refractivity contribution is 0.0306. The Bertz CT molecular complexity index is 121. The van der Waals surface area contributed by atoms with E-state index in [1.165, 1.54) is 12.8 Å². The molecule has 0 saturated carbocycles. The Labute approximate surface area is 81.2 Å². The van der Waals surface area contributed by atoms with Gasteiger partial charge in [-0.05, 0) is 18.9 Å². The van der Waals surface area contributed by atoms with Crippen LogP contribution in [0.5, 0.6) is 0 Å². The van der Waals surface area contributed by atoms with Crippen LogP contribution in [0, 0.1) is 5.92 Å². The van der Waals surface area contributed by atoms with Crippen LogP contribution in [0.4, 0.5) is 0 Å². The molecule has 0 radical (unpaired) electrons. The number of rotatable bonds is 5. The molecule has 1 fully saturated rings. The molecule has 2 N–H and O–H groups in total. The summed E-state index contributed by atoms with van der Waals surface area (Å²) in [4.78, 5) is 2.47. The van der Waals surface area contributed by atoms with Gasteiger partial charge in [0.15, 0.2) is 0 Å². The minimum absolute atomic E-state index is 0.683. The van der Waals surface area contributed by atoms with Gasteiger partial charge in [0.25, 0.3) is 0 Å². The van der Waals surface area contributed by atoms with Crippen LogP contribution in [0.2, 0.25) is 0 Å². The van der Waals surface area contributed by atoms with Gasteiger partial charge in [-0.15, -0.1) is 0 Å². The second kappa shape index (κ2) is 6.35. The van der Waals surface area contributed by atoms with Gasteiger partial charge in [-0.2, -0.15) is 0 Å². The van der Waals surface area contributed by atoms with Crippen molar-refractivity contribution in [3.63, 3.8) is 0 Å². The Balaban J connectivity index is 2.18. The summed E-state index contributed by atoms with van der Waals surface area (Å²) < 4.78 is 5.30. The smallest absolute Gasteiger partial charge is 0.0594 e. The third-order valence-corrected chi connectivity index (χ3v) is 2.65. The van der Waals surface area contributed by atoms with Gasteiger partial charge in [0, 0.05) is 19.6 Å². The highest BCUT2D eigenvalue weighted by Gasteiger charge is 2.14. The standard InChI is InChI=1S/C10H22N2O/c1-2-3-10(8-11)9-12-4-6-13-7-5-12/h10H,2-9,11H2,1H3. The molecule has 0 bridgehead atoms. The molecule has 1 aliphatic heterocycles. The van der Waals surface area contributed by atoms with Gasteiger partial charge in [0.2, 0.25) is 0 Å². The van der Waals surface area contributed by atoms with Crippen molar-refractivity contribution in [2.24, 2.45) is 11.7 Å². The van der Waals surface area contributed by atoms with Crippen molar-refractivity contribution in [2.75, 3.05) is 39.4 Å². The van der Waals surface area contributed by atoms with E-state index in [-0.39, 0.29) is 0 Å². The molecule has 0 amide bonds. The van der Waals surface area contributed by atoms with Crippen molar-refractivity contribution in [1.82, 2.24) is 4.90 Å². The Hall–Kier alpha value is -0.120. The molecule has 3 heteroatoms. The maximum Gasteiger partial charge on any atom is 0.0594 e. The van der Waals surface area contributed by atoms with Crippen LogP contribution in [-0.4, -0.2) is 44.3 Å². The number of nitrogens with zero attached hydrogens (tertiary/aromatic N) is 1. The molecule has 0 aromatic heterocycles. The van der Waals surface area contributed by atoms with Crippen molar-refractivity contribution in [1.29, 1.82) is 0 Å². The molecular weight excluding hydrogens is 164 g/mol. The average Bonchev–Trinajstić information content (AvgIpc) is 2.19. The second-order valence-corrected chi connectivity index (χ2v) is 3.80. The first kappa shape index (κ1) is 11.0. The lowest BCUT2D eigenvalue weighted by Gasteiger charge is -2.29. The zero-order chi connectivity index (χ0) is 9.52. The predicted molar refractivity (Wildman–Crippen MR) is 54.7 cm³/mol. The molecule has 0 aromatic rings. The first-order valence-electron chi connectivity index (χ1n) is 5.37. The van der Waals surface area contributed by atoms with Crippen LogP contribution in [0.1, 0.15) is 19.8 Å². The molecule has 1 atom stereocenters. The second-order valence-electron chi connectivity index (χ2n) is 3.80. The van der Waals surface area contributed by atoms with Crippen molar-refractivity contribution in [2.45, 2.75) is 19.8 Å². The van der Waals surface area contributed by atoms with Crippen LogP contribution >= 0.6 is 0 Å². The van der Waals surface area contributed by atoms with Crippen molar-refractivity contribution in [3.05, 3.63) is 0 Å². The number of ether oxygens (including phenoxy) is 1. The predicted octanol–water partition coefficient (Wildman–Crippen LogP) is 0.694. The summed E-state index contributed by atoms with van der Waals surface area (Å²) >= 11 is 0. The summed E-state index contributed by atoms with van der Waals surface area (Å²) in [5, 5.41) is 0. The summed E-state index contributed by atoms with van der Waals surface area (Å²) in [5.41, 5.74) is 5.72. The van der Waals surface area contributed by atoms with Crippen LogP contribution in [0.15, 0.2) is 0 Å². The molecule has 78 valence electrons. The molecule has 1 heterocycles. The lowest BCUT2D eigenvalue weighted by atomic mass is 10.0. The number of morpholine rings is 1. The van der Waals surface area contributed by atoms with E-state index in [1.54, 1.807) is 0 Å². The fourth-order valence-corrected chi connectivity index (χ4v) is 1.84. The molecule has 1 saturated heterocycles. The Morgan fingerprint density at radius 2 is 2.08 bits per heavy atom. The van der Waals surface area contributed by atoms with Gasteiger partial charge in [-0.3, -0.25) is 4.90 Å². The molecule has 0 aliphatic carbocycles. The van der Waals surface area contributed by atoms with E-state index < -0.39 is 0 Å². The highest BCUT2D eigenvalue weighted by atomic mass is 16.5. The normalized spacial score (nSPS) is 21.7. The molecule has 1 aliphatic rings. The maximum absolute atomic E-state index is 5.72. The quantitative estimate of drug-likeness (QED) is 0.686. The van der Waals surface area contributed by atoms with Crippen LogP contribution in [-0.2, 0) is 4.74 Å². The van der Waals surface area contributed by atoms with Crippen LogP contribution in [0.3, 0.4) is 0 Å². The minimum Gasteiger partial charge on any atom is -0.379 e. The number of hydrogen-bond acceptors (Lipinski definition) is 3. The largest absolute Gasteiger partial charge is 0.379 e. The van der Waals surface area contributed by atoms with E-state index in [2.05, 4.69) is 11.8 Å². The third kappa shape index (κ3) is 4.07. The Morgan fingerprint density at radius 3 is 2.62 bits per heavy atom. The Morgan fingerprint density at radius 1 is 1.38 bits per heavy atom. The van der Waals surface area contributed by atoms with Gasteiger partial charge < -0.3 is 10.5 Å². The van der Waals surface area contributed by atoms with E-state index in [9.17, 15) is 0 Å². The van der Waals surface area contributed by atoms with Gasteiger partial charge in [0.1, 0.15) is 0 Å². The summed E-state index contributed by atoms with van der Waals surface area (Å²) in [6, 6.07) is 0. The van der Waals surface area contributed by atoms with E-state index in [4.69, 9.17) is 10.5 Å². The molecule has 0 aromatic carbocycles. The highest BCUT2D eigenvalue weighted by molar-refractivity contribution is 4.68. The molecular formula is C10H22N2O. The lowest BCUT2D eigenvalue weighted by Crippen LogP contribution is -2.40. The topological polar surface area (TPSA) is 38.5 Å². The van der Waals surface area contributed by atoms with Gasteiger partial charge in [0.05, 0.1) is 13.2 Å². The van der Waals surface area contributed by atoms with Crippen molar-refractivity contribution < 1.29 is 4.74 Å².